The quantitative estimate of drug-likeness (QED) is 0.539. The Morgan fingerprint density at radius 1 is 1.12 bits per heavy atom. The average Bonchev–Trinajstić information content (AvgIpc) is 3.15. The number of anilines is 1. The fourth-order valence-electron chi connectivity index (χ4n) is 3.25. The molecule has 5 N–H and O–H groups in total. The predicted octanol–water partition coefficient (Wildman–Crippen LogP) is 0.292. The first-order valence-electron chi connectivity index (χ1n) is 7.90. The van der Waals surface area contributed by atoms with Crippen molar-refractivity contribution in [2.24, 2.45) is 0 Å². The first kappa shape index (κ1) is 16.0. The van der Waals surface area contributed by atoms with Crippen molar-refractivity contribution in [3.05, 3.63) is 42.9 Å². The molecule has 130 valence electrons. The maximum atomic E-state index is 10.3. The van der Waals surface area contributed by atoms with Gasteiger partial charge in [0.25, 0.3) is 0 Å². The highest BCUT2D eigenvalue weighted by Crippen LogP contribution is 2.38. The standard InChI is InChI=1S/C17H18N4O4/c18-15-12-10(9-4-2-1-3-5-9)6-21(16(12)20-8-19-15)17-14(24)13(23)11(7-22)25-17/h1-6,8,11,13-14,17,22-24H,7H2,(H2,18,19,20)/t11-,13-,14+,17-/m1/s1. The molecule has 8 heteroatoms. The van der Waals surface area contributed by atoms with Gasteiger partial charge >= 0.3 is 0 Å². The third-order valence-corrected chi connectivity index (χ3v) is 4.51. The van der Waals surface area contributed by atoms with Crippen molar-refractivity contribution in [2.75, 3.05) is 12.3 Å². The molecule has 8 nitrogen and oxygen atoms in total. The molecule has 1 aromatic carbocycles. The summed E-state index contributed by atoms with van der Waals surface area (Å²) >= 11 is 0. The molecule has 4 rings (SSSR count). The van der Waals surface area contributed by atoms with E-state index in [2.05, 4.69) is 9.97 Å². The largest absolute Gasteiger partial charge is 0.394 e. The van der Waals surface area contributed by atoms with Crippen LogP contribution >= 0.6 is 0 Å². The molecule has 0 spiro atoms. The molecule has 4 atom stereocenters. The molecule has 25 heavy (non-hydrogen) atoms. The lowest BCUT2D eigenvalue weighted by Gasteiger charge is -2.17. The number of nitrogens with zero attached hydrogens (tertiary/aromatic N) is 3. The van der Waals surface area contributed by atoms with Crippen LogP contribution in [0.25, 0.3) is 22.2 Å². The lowest BCUT2D eigenvalue weighted by molar-refractivity contribution is -0.0508. The molecular formula is C17H18N4O4. The Morgan fingerprint density at radius 2 is 1.88 bits per heavy atom. The molecule has 0 saturated carbocycles. The number of rotatable bonds is 3. The number of aromatic nitrogens is 3. The van der Waals surface area contributed by atoms with Crippen molar-refractivity contribution in [2.45, 2.75) is 24.5 Å². The van der Waals surface area contributed by atoms with E-state index < -0.39 is 31.1 Å². The van der Waals surface area contributed by atoms with Gasteiger partial charge in [-0.3, -0.25) is 0 Å². The molecule has 1 fully saturated rings. The summed E-state index contributed by atoms with van der Waals surface area (Å²) in [4.78, 5) is 8.34. The molecule has 0 radical (unpaired) electrons. The number of ether oxygens (including phenoxy) is 1. The van der Waals surface area contributed by atoms with E-state index in [0.717, 1.165) is 11.1 Å². The van der Waals surface area contributed by atoms with Crippen LogP contribution in [0.3, 0.4) is 0 Å². The minimum absolute atomic E-state index is 0.314. The van der Waals surface area contributed by atoms with Crippen LogP contribution in [0.2, 0.25) is 0 Å². The number of nitrogens with two attached hydrogens (primary N) is 1. The van der Waals surface area contributed by atoms with Crippen LogP contribution in [0.5, 0.6) is 0 Å². The van der Waals surface area contributed by atoms with Gasteiger partial charge in [0.2, 0.25) is 0 Å². The summed E-state index contributed by atoms with van der Waals surface area (Å²) in [6.07, 6.45) is -1.03. The van der Waals surface area contributed by atoms with Gasteiger partial charge in [-0.05, 0) is 5.56 Å². The molecule has 1 aliphatic heterocycles. The second-order valence-electron chi connectivity index (χ2n) is 6.00. The van der Waals surface area contributed by atoms with E-state index >= 15 is 0 Å². The van der Waals surface area contributed by atoms with Crippen molar-refractivity contribution in [1.82, 2.24) is 14.5 Å². The van der Waals surface area contributed by atoms with Gasteiger partial charge in [0.05, 0.1) is 12.0 Å². The Balaban J connectivity index is 1.90. The van der Waals surface area contributed by atoms with Crippen molar-refractivity contribution in [1.29, 1.82) is 0 Å². The summed E-state index contributed by atoms with van der Waals surface area (Å²) in [5.74, 6) is 0.314. The highest BCUT2D eigenvalue weighted by atomic mass is 16.6. The van der Waals surface area contributed by atoms with Gasteiger partial charge in [-0.1, -0.05) is 30.3 Å². The van der Waals surface area contributed by atoms with E-state index in [1.54, 1.807) is 10.8 Å². The zero-order chi connectivity index (χ0) is 17.6. The Bertz CT molecular complexity index is 898. The Morgan fingerprint density at radius 3 is 2.56 bits per heavy atom. The maximum absolute atomic E-state index is 10.3. The van der Waals surface area contributed by atoms with Gasteiger partial charge in [0.1, 0.15) is 36.1 Å². The number of aliphatic hydroxyl groups is 3. The van der Waals surface area contributed by atoms with Crippen molar-refractivity contribution in [3.8, 4) is 11.1 Å². The van der Waals surface area contributed by atoms with Crippen LogP contribution in [0, 0.1) is 0 Å². The molecule has 1 aliphatic rings. The molecule has 0 unspecified atom stereocenters. The van der Waals surface area contributed by atoms with Crippen LogP contribution in [0.4, 0.5) is 5.82 Å². The number of hydrogen-bond donors (Lipinski definition) is 4. The first-order valence-corrected chi connectivity index (χ1v) is 7.90. The highest BCUT2D eigenvalue weighted by Gasteiger charge is 2.44. The van der Waals surface area contributed by atoms with Gasteiger partial charge in [0.15, 0.2) is 6.23 Å². The number of benzene rings is 1. The van der Waals surface area contributed by atoms with Crippen molar-refractivity contribution >= 4 is 16.9 Å². The number of nitrogen functional groups attached to an aromatic ring is 1. The monoisotopic (exact) mass is 342 g/mol. The van der Waals surface area contributed by atoms with E-state index in [1.165, 1.54) is 6.33 Å². The number of fused-ring (bicyclic) bond motifs is 1. The zero-order valence-corrected chi connectivity index (χ0v) is 13.2. The van der Waals surface area contributed by atoms with Crippen LogP contribution in [-0.2, 0) is 4.74 Å². The average molecular weight is 342 g/mol. The smallest absolute Gasteiger partial charge is 0.164 e. The van der Waals surface area contributed by atoms with E-state index in [-0.39, 0.29) is 0 Å². The summed E-state index contributed by atoms with van der Waals surface area (Å²) in [6, 6.07) is 9.59. The maximum Gasteiger partial charge on any atom is 0.164 e. The molecule has 0 amide bonds. The van der Waals surface area contributed by atoms with Crippen molar-refractivity contribution < 1.29 is 20.1 Å². The van der Waals surface area contributed by atoms with Crippen LogP contribution < -0.4 is 5.73 Å². The molecule has 3 aromatic rings. The van der Waals surface area contributed by atoms with Crippen LogP contribution in [0.15, 0.2) is 42.9 Å². The summed E-state index contributed by atoms with van der Waals surface area (Å²) in [7, 11) is 0. The Labute approximate surface area is 143 Å². The molecule has 0 bridgehead atoms. The molecule has 2 aromatic heterocycles. The van der Waals surface area contributed by atoms with Gasteiger partial charge < -0.3 is 30.4 Å². The fourth-order valence-corrected chi connectivity index (χ4v) is 3.25. The predicted molar refractivity (Wildman–Crippen MR) is 90.4 cm³/mol. The van der Waals surface area contributed by atoms with Gasteiger partial charge in [-0.15, -0.1) is 0 Å². The van der Waals surface area contributed by atoms with Gasteiger partial charge in [0, 0.05) is 11.8 Å². The van der Waals surface area contributed by atoms with E-state index in [0.29, 0.717) is 16.9 Å². The molecule has 1 saturated heterocycles. The zero-order valence-electron chi connectivity index (χ0n) is 13.2. The Kier molecular flexibility index (Phi) is 3.89. The second-order valence-corrected chi connectivity index (χ2v) is 6.00. The normalized spacial score (nSPS) is 26.4. The highest BCUT2D eigenvalue weighted by molar-refractivity contribution is 6.00. The first-order chi connectivity index (χ1) is 12.1. The fraction of sp³-hybridized carbons (Fsp3) is 0.294. The SMILES string of the molecule is Nc1ncnc2c1c(-c1ccccc1)cn2[C@@H]1O[C@H](CO)[C@@H](O)[C@@H]1O. The summed E-state index contributed by atoms with van der Waals surface area (Å²) in [6.45, 7) is -0.392. The van der Waals surface area contributed by atoms with Crippen LogP contribution in [-0.4, -0.2) is 54.8 Å². The summed E-state index contributed by atoms with van der Waals surface area (Å²) in [5.41, 5.74) is 8.27. The topological polar surface area (TPSA) is 127 Å². The third-order valence-electron chi connectivity index (χ3n) is 4.51. The number of hydrogen-bond acceptors (Lipinski definition) is 7. The van der Waals surface area contributed by atoms with Crippen molar-refractivity contribution in [3.63, 3.8) is 0 Å². The van der Waals surface area contributed by atoms with E-state index in [1.807, 2.05) is 30.3 Å². The van der Waals surface area contributed by atoms with Crippen LogP contribution in [0.1, 0.15) is 6.23 Å². The van der Waals surface area contributed by atoms with Gasteiger partial charge in [-0.2, -0.15) is 0 Å². The minimum Gasteiger partial charge on any atom is -0.394 e. The van der Waals surface area contributed by atoms with Gasteiger partial charge in [-0.25, -0.2) is 9.97 Å². The lowest BCUT2D eigenvalue weighted by Crippen LogP contribution is -2.33. The summed E-state index contributed by atoms with van der Waals surface area (Å²) in [5, 5.41) is 30.3. The molecule has 0 aliphatic carbocycles. The second kappa shape index (κ2) is 6.08. The minimum atomic E-state index is -1.20. The third kappa shape index (κ3) is 2.47. The number of aliphatic hydroxyl groups excluding tert-OH is 3. The van der Waals surface area contributed by atoms with E-state index in [9.17, 15) is 15.3 Å². The molecular weight excluding hydrogens is 324 g/mol. The lowest BCUT2D eigenvalue weighted by atomic mass is 10.1. The molecule has 3 heterocycles. The Hall–Kier alpha value is -2.52. The van der Waals surface area contributed by atoms with E-state index in [4.69, 9.17) is 10.5 Å². The summed E-state index contributed by atoms with van der Waals surface area (Å²) < 4.78 is 7.25.